The van der Waals surface area contributed by atoms with E-state index in [9.17, 15) is 0 Å². The second-order valence-electron chi connectivity index (χ2n) is 9.53. The van der Waals surface area contributed by atoms with Gasteiger partial charge in [0.25, 0.3) is 0 Å². The first-order valence-electron chi connectivity index (χ1n) is 11.4. The van der Waals surface area contributed by atoms with Gasteiger partial charge in [0.15, 0.2) is 5.96 Å². The molecule has 5 nitrogen and oxygen atoms in total. The summed E-state index contributed by atoms with van der Waals surface area (Å²) in [5.74, 6) is 1.41. The fourth-order valence-corrected chi connectivity index (χ4v) is 4.00. The molecule has 1 aliphatic heterocycles. The molecule has 3 N–H and O–H groups in total. The Kier molecular flexibility index (Phi) is 7.60. The molecule has 0 amide bonds. The van der Waals surface area contributed by atoms with E-state index in [0.717, 1.165) is 30.8 Å². The third kappa shape index (κ3) is 6.01. The molecule has 0 saturated carbocycles. The quantitative estimate of drug-likeness (QED) is 0.477. The number of aryl methyl sites for hydroxylation is 1. The number of likely N-dealkylation sites (tertiary alicyclic amines) is 1. The summed E-state index contributed by atoms with van der Waals surface area (Å²) in [5.41, 5.74) is 9.38. The lowest BCUT2D eigenvalue weighted by Crippen LogP contribution is -2.53. The molecule has 0 spiro atoms. The summed E-state index contributed by atoms with van der Waals surface area (Å²) in [7, 11) is 0. The Bertz CT molecular complexity index is 862. The van der Waals surface area contributed by atoms with E-state index in [2.05, 4.69) is 61.8 Å². The zero-order chi connectivity index (χ0) is 22.4. The highest BCUT2D eigenvalue weighted by molar-refractivity contribution is 5.94. The van der Waals surface area contributed by atoms with Gasteiger partial charge in [0.2, 0.25) is 0 Å². The van der Waals surface area contributed by atoms with E-state index in [4.69, 9.17) is 15.9 Å². The van der Waals surface area contributed by atoms with Crippen molar-refractivity contribution < 1.29 is 4.74 Å². The maximum absolute atomic E-state index is 9.01. The van der Waals surface area contributed by atoms with Crippen LogP contribution >= 0.6 is 0 Å². The number of hydrogen-bond acceptors (Lipinski definition) is 3. The van der Waals surface area contributed by atoms with Crippen molar-refractivity contribution >= 4 is 11.6 Å². The fourth-order valence-electron chi connectivity index (χ4n) is 4.00. The highest BCUT2D eigenvalue weighted by Crippen LogP contribution is 2.27. The molecule has 0 aliphatic carbocycles. The lowest BCUT2D eigenvalue weighted by Gasteiger charge is -2.42. The summed E-state index contributed by atoms with van der Waals surface area (Å²) in [4.78, 5) is 4.35. The number of benzene rings is 2. The summed E-state index contributed by atoms with van der Waals surface area (Å²) in [5, 5.41) is 9.01. The van der Waals surface area contributed by atoms with Gasteiger partial charge in [-0.1, -0.05) is 38.1 Å². The summed E-state index contributed by atoms with van der Waals surface area (Å²) in [6, 6.07) is 16.8. The van der Waals surface area contributed by atoms with Gasteiger partial charge in [0.05, 0.1) is 0 Å². The van der Waals surface area contributed by atoms with Gasteiger partial charge < -0.3 is 20.3 Å². The van der Waals surface area contributed by atoms with Crippen molar-refractivity contribution in [3.05, 3.63) is 59.7 Å². The molecular formula is C26H38N4O. The minimum absolute atomic E-state index is 0.0919. The number of nitrogens with zero attached hydrogens (tertiary/aromatic N) is 2. The van der Waals surface area contributed by atoms with Crippen LogP contribution in [0.5, 0.6) is 5.75 Å². The van der Waals surface area contributed by atoms with Gasteiger partial charge >= 0.3 is 0 Å². The topological polar surface area (TPSA) is 65.6 Å². The zero-order valence-corrected chi connectivity index (χ0v) is 19.5. The molecule has 5 heteroatoms. The molecule has 1 fully saturated rings. The predicted octanol–water partition coefficient (Wildman–Crippen LogP) is 5.17. The third-order valence-corrected chi connectivity index (χ3v) is 6.27. The molecule has 31 heavy (non-hydrogen) atoms. The average Bonchev–Trinajstić information content (AvgIpc) is 2.77. The number of anilines is 1. The Hall–Kier alpha value is -2.53. The van der Waals surface area contributed by atoms with Crippen molar-refractivity contribution in [3.8, 4) is 5.75 Å². The molecule has 3 rings (SSSR count). The summed E-state index contributed by atoms with van der Waals surface area (Å²) >= 11 is 0. The van der Waals surface area contributed by atoms with Crippen molar-refractivity contribution in [2.75, 3.05) is 24.5 Å². The molecule has 1 aliphatic rings. The number of ether oxygens (including phenoxy) is 1. The molecule has 0 bridgehead atoms. The van der Waals surface area contributed by atoms with Gasteiger partial charge in [-0.25, -0.2) is 0 Å². The van der Waals surface area contributed by atoms with Crippen molar-refractivity contribution in [2.24, 2.45) is 11.1 Å². The Labute approximate surface area is 187 Å². The van der Waals surface area contributed by atoms with Gasteiger partial charge in [-0.05, 0) is 80.5 Å². The second kappa shape index (κ2) is 10.2. The van der Waals surface area contributed by atoms with Gasteiger partial charge in [-0.2, -0.15) is 0 Å². The monoisotopic (exact) mass is 422 g/mol. The second-order valence-corrected chi connectivity index (χ2v) is 9.53. The largest absolute Gasteiger partial charge is 0.489 e. The summed E-state index contributed by atoms with van der Waals surface area (Å²) < 4.78 is 6.02. The van der Waals surface area contributed by atoms with Gasteiger partial charge in [0.1, 0.15) is 12.4 Å². The highest BCUT2D eigenvalue weighted by Gasteiger charge is 2.29. The molecule has 0 radical (unpaired) electrons. The van der Waals surface area contributed by atoms with Crippen LogP contribution in [-0.4, -0.2) is 36.5 Å². The molecule has 1 unspecified atom stereocenters. The van der Waals surface area contributed by atoms with Crippen molar-refractivity contribution in [3.63, 3.8) is 0 Å². The third-order valence-electron chi connectivity index (χ3n) is 6.27. The van der Waals surface area contributed by atoms with Crippen LogP contribution in [0.25, 0.3) is 0 Å². The normalized spacial score (nSPS) is 16.8. The van der Waals surface area contributed by atoms with Crippen LogP contribution in [0.3, 0.4) is 0 Å². The first-order valence-corrected chi connectivity index (χ1v) is 11.4. The number of piperidine rings is 1. The first-order chi connectivity index (χ1) is 14.8. The van der Waals surface area contributed by atoms with Crippen LogP contribution in [0.2, 0.25) is 0 Å². The highest BCUT2D eigenvalue weighted by atomic mass is 16.5. The van der Waals surface area contributed by atoms with Crippen LogP contribution in [0.1, 0.15) is 51.2 Å². The lowest BCUT2D eigenvalue weighted by atomic mass is 9.92. The van der Waals surface area contributed by atoms with Gasteiger partial charge in [-0.15, -0.1) is 0 Å². The smallest absolute Gasteiger partial charge is 0.198 e. The van der Waals surface area contributed by atoms with Crippen LogP contribution in [0.4, 0.5) is 5.69 Å². The minimum Gasteiger partial charge on any atom is -0.489 e. The molecular weight excluding hydrogens is 384 g/mol. The summed E-state index contributed by atoms with van der Waals surface area (Å²) in [6.07, 6.45) is 3.53. The van der Waals surface area contributed by atoms with Crippen molar-refractivity contribution in [1.29, 1.82) is 5.41 Å². The van der Waals surface area contributed by atoms with Crippen LogP contribution in [-0.2, 0) is 6.61 Å². The molecule has 1 saturated heterocycles. The Morgan fingerprint density at radius 3 is 2.52 bits per heavy atom. The lowest BCUT2D eigenvalue weighted by molar-refractivity contribution is 0.250. The number of guanidine groups is 1. The predicted molar refractivity (Wildman–Crippen MR) is 130 cm³/mol. The summed E-state index contributed by atoms with van der Waals surface area (Å²) in [6.45, 7) is 11.4. The van der Waals surface area contributed by atoms with E-state index in [1.54, 1.807) is 0 Å². The van der Waals surface area contributed by atoms with E-state index in [0.29, 0.717) is 31.7 Å². The molecule has 2 aromatic carbocycles. The fraction of sp³-hybridized carbons (Fsp3) is 0.500. The van der Waals surface area contributed by atoms with Crippen molar-refractivity contribution in [2.45, 2.75) is 59.6 Å². The van der Waals surface area contributed by atoms with Crippen LogP contribution in [0, 0.1) is 17.7 Å². The SMILES string of the molecule is Cc1ccccc1COc1ccc(N(CC(C)(C)CN)C(=N)N2CCCCC2C)cc1. The van der Waals surface area contributed by atoms with E-state index >= 15 is 0 Å². The maximum atomic E-state index is 9.01. The molecule has 1 heterocycles. The Balaban J connectivity index is 1.76. The van der Waals surface area contributed by atoms with Gasteiger partial charge in [-0.3, -0.25) is 5.41 Å². The van der Waals surface area contributed by atoms with E-state index < -0.39 is 0 Å². The Morgan fingerprint density at radius 1 is 1.16 bits per heavy atom. The van der Waals surface area contributed by atoms with Crippen LogP contribution < -0.4 is 15.4 Å². The molecule has 0 aromatic heterocycles. The van der Waals surface area contributed by atoms with Gasteiger partial charge in [0, 0.05) is 24.8 Å². The molecule has 168 valence electrons. The zero-order valence-electron chi connectivity index (χ0n) is 19.5. The number of rotatable bonds is 7. The Morgan fingerprint density at radius 2 is 1.87 bits per heavy atom. The van der Waals surface area contributed by atoms with E-state index in [1.807, 2.05) is 24.3 Å². The van der Waals surface area contributed by atoms with Crippen LogP contribution in [0.15, 0.2) is 48.5 Å². The maximum Gasteiger partial charge on any atom is 0.198 e. The van der Waals surface area contributed by atoms with E-state index in [-0.39, 0.29) is 5.41 Å². The minimum atomic E-state index is -0.0919. The number of nitrogens with two attached hydrogens (primary N) is 1. The van der Waals surface area contributed by atoms with E-state index in [1.165, 1.54) is 17.5 Å². The average molecular weight is 423 g/mol. The standard InChI is InChI=1S/C26H38N4O/c1-20-9-5-6-11-22(20)17-31-24-14-12-23(13-15-24)30(19-26(3,4)18-27)25(28)29-16-8-7-10-21(29)2/h5-6,9,11-15,21,28H,7-8,10,16-19,27H2,1-4H3. The number of nitrogens with one attached hydrogen (secondary N) is 1. The number of hydrogen-bond donors (Lipinski definition) is 2. The first kappa shape index (κ1) is 23.1. The van der Waals surface area contributed by atoms with Crippen molar-refractivity contribution in [1.82, 2.24) is 4.90 Å². The molecule has 1 atom stereocenters. The molecule has 2 aromatic rings.